The van der Waals surface area contributed by atoms with Crippen molar-refractivity contribution in [3.8, 4) is 0 Å². The third-order valence-corrected chi connectivity index (χ3v) is 3.49. The van der Waals surface area contributed by atoms with Gasteiger partial charge in [0.1, 0.15) is 5.82 Å². The van der Waals surface area contributed by atoms with Gasteiger partial charge in [-0.1, -0.05) is 27.5 Å². The average molecular weight is 330 g/mol. The van der Waals surface area contributed by atoms with Crippen molar-refractivity contribution in [2.24, 2.45) is 5.73 Å². The van der Waals surface area contributed by atoms with Gasteiger partial charge in [0, 0.05) is 28.5 Å². The van der Waals surface area contributed by atoms with Crippen molar-refractivity contribution in [2.45, 2.75) is 12.5 Å². The molecule has 18 heavy (non-hydrogen) atoms. The second-order valence-corrected chi connectivity index (χ2v) is 5.27. The Balaban J connectivity index is 2.25. The van der Waals surface area contributed by atoms with E-state index in [4.69, 9.17) is 17.3 Å². The molecule has 2 rings (SSSR count). The van der Waals surface area contributed by atoms with Crippen LogP contribution in [0.4, 0.5) is 4.39 Å². The van der Waals surface area contributed by atoms with Gasteiger partial charge in [0.25, 0.3) is 0 Å². The van der Waals surface area contributed by atoms with Crippen LogP contribution in [0.1, 0.15) is 17.2 Å². The van der Waals surface area contributed by atoms with Gasteiger partial charge in [-0.2, -0.15) is 0 Å². The Labute approximate surface area is 118 Å². The van der Waals surface area contributed by atoms with Gasteiger partial charge in [0.2, 0.25) is 0 Å². The predicted octanol–water partition coefficient (Wildman–Crippen LogP) is 3.88. The lowest BCUT2D eigenvalue weighted by atomic mass is 10.00. The number of hydrogen-bond acceptors (Lipinski definition) is 2. The molecule has 0 saturated carbocycles. The fraction of sp³-hybridized carbons (Fsp3) is 0.154. The van der Waals surface area contributed by atoms with Crippen molar-refractivity contribution in [3.63, 3.8) is 0 Å². The molecule has 1 heterocycles. The van der Waals surface area contributed by atoms with Gasteiger partial charge in [-0.15, -0.1) is 0 Å². The zero-order valence-electron chi connectivity index (χ0n) is 9.41. The highest BCUT2D eigenvalue weighted by Gasteiger charge is 2.14. The molecule has 0 aliphatic heterocycles. The second-order valence-electron chi connectivity index (χ2n) is 3.94. The summed E-state index contributed by atoms with van der Waals surface area (Å²) in [6.07, 6.45) is 3.67. The Hall–Kier alpha value is -0.970. The first kappa shape index (κ1) is 13.5. The summed E-state index contributed by atoms with van der Waals surface area (Å²) in [6.45, 7) is 0. The minimum atomic E-state index is -0.442. The Bertz CT molecular complexity index is 562. The fourth-order valence-electron chi connectivity index (χ4n) is 1.72. The quantitative estimate of drug-likeness (QED) is 0.928. The molecule has 5 heteroatoms. The molecule has 0 bridgehead atoms. The van der Waals surface area contributed by atoms with Gasteiger partial charge in [0.15, 0.2) is 0 Å². The van der Waals surface area contributed by atoms with Crippen LogP contribution < -0.4 is 5.73 Å². The highest BCUT2D eigenvalue weighted by molar-refractivity contribution is 9.10. The molecule has 0 aliphatic carbocycles. The minimum Gasteiger partial charge on any atom is -0.324 e. The Morgan fingerprint density at radius 2 is 2.17 bits per heavy atom. The van der Waals surface area contributed by atoms with E-state index in [2.05, 4.69) is 20.9 Å². The lowest BCUT2D eigenvalue weighted by Gasteiger charge is -2.14. The molecule has 0 radical (unpaired) electrons. The lowest BCUT2D eigenvalue weighted by molar-refractivity contribution is 0.580. The fourth-order valence-corrected chi connectivity index (χ4v) is 2.29. The van der Waals surface area contributed by atoms with E-state index < -0.39 is 6.04 Å². The van der Waals surface area contributed by atoms with Crippen LogP contribution >= 0.6 is 27.5 Å². The van der Waals surface area contributed by atoms with Crippen molar-refractivity contribution in [3.05, 3.63) is 63.1 Å². The Morgan fingerprint density at radius 1 is 1.39 bits per heavy atom. The van der Waals surface area contributed by atoms with Gasteiger partial charge in [-0.3, -0.25) is 4.98 Å². The zero-order chi connectivity index (χ0) is 13.1. The highest BCUT2D eigenvalue weighted by atomic mass is 79.9. The topological polar surface area (TPSA) is 38.9 Å². The average Bonchev–Trinajstić information content (AvgIpc) is 2.35. The van der Waals surface area contributed by atoms with Crippen LogP contribution in [-0.2, 0) is 6.42 Å². The molecule has 1 unspecified atom stereocenters. The van der Waals surface area contributed by atoms with Crippen molar-refractivity contribution in [1.82, 2.24) is 4.98 Å². The molecular weight excluding hydrogens is 319 g/mol. The van der Waals surface area contributed by atoms with Crippen LogP contribution in [-0.4, -0.2) is 4.98 Å². The highest BCUT2D eigenvalue weighted by Crippen LogP contribution is 2.25. The van der Waals surface area contributed by atoms with Crippen molar-refractivity contribution in [1.29, 1.82) is 0 Å². The molecule has 0 spiro atoms. The monoisotopic (exact) mass is 328 g/mol. The normalized spacial score (nSPS) is 12.4. The third-order valence-electron chi connectivity index (χ3n) is 2.65. The molecular formula is C13H11BrClFN2. The van der Waals surface area contributed by atoms with Crippen LogP contribution in [0, 0.1) is 5.82 Å². The summed E-state index contributed by atoms with van der Waals surface area (Å²) in [6, 6.07) is 6.08. The summed E-state index contributed by atoms with van der Waals surface area (Å²) < 4.78 is 14.5. The number of nitrogens with two attached hydrogens (primary N) is 1. The van der Waals surface area contributed by atoms with Crippen LogP contribution in [0.15, 0.2) is 41.1 Å². The van der Waals surface area contributed by atoms with Gasteiger partial charge in [-0.05, 0) is 36.2 Å². The summed E-state index contributed by atoms with van der Waals surface area (Å²) in [4.78, 5) is 3.90. The number of hydrogen-bond donors (Lipinski definition) is 1. The number of rotatable bonds is 3. The lowest BCUT2D eigenvalue weighted by Crippen LogP contribution is -2.15. The maximum absolute atomic E-state index is 13.7. The van der Waals surface area contributed by atoms with Crippen LogP contribution in [0.2, 0.25) is 5.02 Å². The predicted molar refractivity (Wildman–Crippen MR) is 74.0 cm³/mol. The molecule has 94 valence electrons. The molecule has 0 saturated heterocycles. The molecule has 1 aromatic heterocycles. The first-order valence-corrected chi connectivity index (χ1v) is 6.54. The first-order chi connectivity index (χ1) is 8.58. The number of benzene rings is 1. The Kier molecular flexibility index (Phi) is 4.32. The minimum absolute atomic E-state index is 0.309. The zero-order valence-corrected chi connectivity index (χ0v) is 11.7. The van der Waals surface area contributed by atoms with Gasteiger partial charge in [-0.25, -0.2) is 4.39 Å². The standard InChI is InChI=1S/C13H11BrClFN2/c14-9-1-2-12(16)10(6-9)13(17)5-8-3-4-18-7-11(8)15/h1-4,6-7,13H,5,17H2. The number of nitrogens with zero attached hydrogens (tertiary/aromatic N) is 1. The van der Waals surface area contributed by atoms with Crippen molar-refractivity contribution in [2.75, 3.05) is 0 Å². The van der Waals surface area contributed by atoms with E-state index in [0.29, 0.717) is 17.0 Å². The van der Waals surface area contributed by atoms with Crippen molar-refractivity contribution >= 4 is 27.5 Å². The summed E-state index contributed by atoms with van der Waals surface area (Å²) in [5, 5.41) is 0.545. The number of pyridine rings is 1. The van der Waals surface area contributed by atoms with E-state index in [1.54, 1.807) is 30.6 Å². The molecule has 1 aromatic carbocycles. The smallest absolute Gasteiger partial charge is 0.128 e. The van der Waals surface area contributed by atoms with E-state index in [-0.39, 0.29) is 5.82 Å². The first-order valence-electron chi connectivity index (χ1n) is 5.37. The van der Waals surface area contributed by atoms with E-state index in [0.717, 1.165) is 10.0 Å². The summed E-state index contributed by atoms with van der Waals surface area (Å²) in [7, 11) is 0. The van der Waals surface area contributed by atoms with Gasteiger partial charge in [0.05, 0.1) is 5.02 Å². The van der Waals surface area contributed by atoms with Gasteiger partial charge >= 0.3 is 0 Å². The summed E-state index contributed by atoms with van der Waals surface area (Å²) in [5.74, 6) is -0.309. The van der Waals surface area contributed by atoms with Crippen LogP contribution in [0.5, 0.6) is 0 Å². The summed E-state index contributed by atoms with van der Waals surface area (Å²) >= 11 is 9.31. The molecule has 0 amide bonds. The maximum Gasteiger partial charge on any atom is 0.128 e. The number of aromatic nitrogens is 1. The third kappa shape index (κ3) is 3.07. The van der Waals surface area contributed by atoms with E-state index in [1.807, 2.05) is 0 Å². The molecule has 0 fully saturated rings. The van der Waals surface area contributed by atoms with Crippen LogP contribution in [0.3, 0.4) is 0 Å². The molecule has 2 nitrogen and oxygen atoms in total. The van der Waals surface area contributed by atoms with Crippen molar-refractivity contribution < 1.29 is 4.39 Å². The molecule has 0 aliphatic rings. The summed E-state index contributed by atoms with van der Waals surface area (Å²) in [5.41, 5.74) is 7.36. The van der Waals surface area contributed by atoms with E-state index >= 15 is 0 Å². The van der Waals surface area contributed by atoms with E-state index in [9.17, 15) is 4.39 Å². The second kappa shape index (κ2) is 5.78. The maximum atomic E-state index is 13.7. The molecule has 2 N–H and O–H groups in total. The Morgan fingerprint density at radius 3 is 2.89 bits per heavy atom. The van der Waals surface area contributed by atoms with Gasteiger partial charge < -0.3 is 5.73 Å². The molecule has 1 atom stereocenters. The van der Waals surface area contributed by atoms with Crippen LogP contribution in [0.25, 0.3) is 0 Å². The van der Waals surface area contributed by atoms with E-state index in [1.165, 1.54) is 6.07 Å². The largest absolute Gasteiger partial charge is 0.324 e. The SMILES string of the molecule is NC(Cc1ccncc1Cl)c1cc(Br)ccc1F. The number of halogens is 3. The molecule has 2 aromatic rings.